The Balaban J connectivity index is 2.06. The van der Waals surface area contributed by atoms with Crippen molar-refractivity contribution >= 4 is 22.3 Å². The van der Waals surface area contributed by atoms with E-state index in [4.69, 9.17) is 5.73 Å². The van der Waals surface area contributed by atoms with E-state index in [1.165, 1.54) is 0 Å². The Hall–Kier alpha value is -3.73. The van der Waals surface area contributed by atoms with E-state index < -0.39 is 0 Å². The topological polar surface area (TPSA) is 75.0 Å². The normalized spacial score (nSPS) is 11.2. The van der Waals surface area contributed by atoms with Crippen LogP contribution in [0.1, 0.15) is 24.8 Å². The van der Waals surface area contributed by atoms with E-state index in [9.17, 15) is 0 Å². The fourth-order valence-corrected chi connectivity index (χ4v) is 3.17. The van der Waals surface area contributed by atoms with Crippen molar-refractivity contribution in [1.29, 1.82) is 0 Å². The largest absolute Gasteiger partial charge is 0.401 e. The van der Waals surface area contributed by atoms with Crippen LogP contribution in [0.5, 0.6) is 0 Å². The number of nitrogens with two attached hydrogens (primary N) is 1. The second kappa shape index (κ2) is 11.5. The van der Waals surface area contributed by atoms with E-state index in [-0.39, 0.29) is 6.04 Å². The predicted molar refractivity (Wildman–Crippen MR) is 135 cm³/mol. The molecule has 1 aromatic heterocycles. The Kier molecular flexibility index (Phi) is 8.70. The average Bonchev–Trinajstić information content (AvgIpc) is 2.75. The maximum absolute atomic E-state index is 5.84. The van der Waals surface area contributed by atoms with Gasteiger partial charge in [-0.2, -0.15) is 0 Å². The first-order valence-corrected chi connectivity index (χ1v) is 10.2. The molecule has 5 nitrogen and oxygen atoms in total. The van der Waals surface area contributed by atoms with E-state index in [1.54, 1.807) is 12.3 Å². The first-order valence-electron chi connectivity index (χ1n) is 10.2. The van der Waals surface area contributed by atoms with Gasteiger partial charge in [-0.05, 0) is 31.4 Å². The summed E-state index contributed by atoms with van der Waals surface area (Å²) in [6, 6.07) is 7.93. The number of pyridine rings is 1. The lowest BCUT2D eigenvalue weighted by atomic mass is 10.1. The second-order valence-electron chi connectivity index (χ2n) is 7.34. The Morgan fingerprint density at radius 2 is 1.77 bits per heavy atom. The van der Waals surface area contributed by atoms with Crippen LogP contribution in [-0.2, 0) is 0 Å². The lowest BCUT2D eigenvalue weighted by Gasteiger charge is -2.20. The van der Waals surface area contributed by atoms with Crippen LogP contribution in [0.15, 0.2) is 99.2 Å². The minimum Gasteiger partial charge on any atom is -0.401 e. The zero-order chi connectivity index (χ0) is 22.8. The molecular weight excluding hydrogens is 382 g/mol. The number of hydrogen-bond acceptors (Lipinski definition) is 5. The van der Waals surface area contributed by atoms with Crippen LogP contribution in [0, 0.1) is 0 Å². The summed E-state index contributed by atoms with van der Waals surface area (Å²) < 4.78 is 0. The van der Waals surface area contributed by atoms with E-state index in [2.05, 4.69) is 60.4 Å². The van der Waals surface area contributed by atoms with E-state index in [1.807, 2.05) is 30.3 Å². The molecule has 0 spiro atoms. The number of nitrogens with one attached hydrogen (secondary N) is 3. The van der Waals surface area contributed by atoms with Crippen molar-refractivity contribution in [2.45, 2.75) is 25.3 Å². The van der Waals surface area contributed by atoms with E-state index in [0.29, 0.717) is 25.1 Å². The summed E-state index contributed by atoms with van der Waals surface area (Å²) in [5, 5.41) is 11.0. The van der Waals surface area contributed by atoms with Gasteiger partial charge in [-0.1, -0.05) is 50.6 Å². The van der Waals surface area contributed by atoms with Gasteiger partial charge in [0.1, 0.15) is 0 Å². The highest BCUT2D eigenvalue weighted by Crippen LogP contribution is 2.28. The van der Waals surface area contributed by atoms with Crippen molar-refractivity contribution < 1.29 is 0 Å². The van der Waals surface area contributed by atoms with Gasteiger partial charge in [0, 0.05) is 46.5 Å². The molecule has 0 bridgehead atoms. The van der Waals surface area contributed by atoms with Crippen LogP contribution in [0.2, 0.25) is 0 Å². The number of aromatic nitrogens is 1. The van der Waals surface area contributed by atoms with Crippen molar-refractivity contribution in [3.05, 3.63) is 105 Å². The molecule has 2 aromatic rings. The molecule has 1 heterocycles. The number of para-hydroxylation sites is 1. The summed E-state index contributed by atoms with van der Waals surface area (Å²) in [7, 11) is 0. The molecule has 0 saturated carbocycles. The summed E-state index contributed by atoms with van der Waals surface area (Å²) in [5.74, 6) is 0. The van der Waals surface area contributed by atoms with Crippen molar-refractivity contribution in [2.24, 2.45) is 5.73 Å². The standard InChI is InChI=1S/C26H33N5/c1-7-10-24(20(5)27)30-18(3)13-14-19(4)31-25-12-9-11-23-22(15-17-29-26(23)25)21(6)28-16-8-2/h7-9,11-12,15,17,24,28,30-31H,1-6,10,13-14,16,27H2. The van der Waals surface area contributed by atoms with Crippen molar-refractivity contribution in [1.82, 2.24) is 15.6 Å². The van der Waals surface area contributed by atoms with Crippen molar-refractivity contribution in [2.75, 3.05) is 11.9 Å². The SMILES string of the molecule is C=CCNC(=C)c1ccnc2c(NC(=C)CCC(=C)NC(CC=C)C(=C)N)cccc12. The average molecular weight is 416 g/mol. The number of nitrogens with zero attached hydrogens (tertiary/aromatic N) is 1. The molecular formula is C26H33N5. The van der Waals surface area contributed by atoms with Gasteiger partial charge in [0.2, 0.25) is 0 Å². The van der Waals surface area contributed by atoms with Crippen molar-refractivity contribution in [3.8, 4) is 0 Å². The molecule has 1 unspecified atom stereocenters. The molecule has 0 fully saturated rings. The van der Waals surface area contributed by atoms with Gasteiger partial charge in [-0.3, -0.25) is 4.98 Å². The number of fused-ring (bicyclic) bond motifs is 1. The number of rotatable bonds is 14. The lowest BCUT2D eigenvalue weighted by Crippen LogP contribution is -2.32. The van der Waals surface area contributed by atoms with Gasteiger partial charge < -0.3 is 21.7 Å². The third-order valence-electron chi connectivity index (χ3n) is 4.82. The Labute approximate surface area is 185 Å². The van der Waals surface area contributed by atoms with E-state index >= 15 is 0 Å². The molecule has 5 heteroatoms. The fraction of sp³-hybridized carbons (Fsp3) is 0.192. The summed E-state index contributed by atoms with van der Waals surface area (Å²) in [4.78, 5) is 4.58. The Morgan fingerprint density at radius 3 is 2.45 bits per heavy atom. The molecule has 0 radical (unpaired) electrons. The lowest BCUT2D eigenvalue weighted by molar-refractivity contribution is 0.620. The highest BCUT2D eigenvalue weighted by atomic mass is 15.0. The zero-order valence-corrected chi connectivity index (χ0v) is 18.2. The molecule has 1 aromatic carbocycles. The van der Waals surface area contributed by atoms with Crippen molar-refractivity contribution in [3.63, 3.8) is 0 Å². The molecule has 31 heavy (non-hydrogen) atoms. The number of allylic oxidation sites excluding steroid dienone is 2. The van der Waals surface area contributed by atoms with Gasteiger partial charge in [0.05, 0.1) is 17.2 Å². The maximum Gasteiger partial charge on any atom is 0.0943 e. The number of benzene rings is 1. The maximum atomic E-state index is 5.84. The molecule has 0 amide bonds. The third-order valence-corrected chi connectivity index (χ3v) is 4.82. The van der Waals surface area contributed by atoms with Crippen LogP contribution in [0.25, 0.3) is 16.6 Å². The summed E-state index contributed by atoms with van der Waals surface area (Å²) in [6.07, 6.45) is 7.54. The van der Waals surface area contributed by atoms with Crippen LogP contribution < -0.4 is 21.7 Å². The predicted octanol–water partition coefficient (Wildman–Crippen LogP) is 5.21. The van der Waals surface area contributed by atoms with Crippen LogP contribution in [-0.4, -0.2) is 17.6 Å². The Morgan fingerprint density at radius 1 is 1.03 bits per heavy atom. The molecule has 162 valence electrons. The summed E-state index contributed by atoms with van der Waals surface area (Å²) >= 11 is 0. The van der Waals surface area contributed by atoms with E-state index in [0.717, 1.165) is 45.7 Å². The highest BCUT2D eigenvalue weighted by Gasteiger charge is 2.11. The number of anilines is 1. The van der Waals surface area contributed by atoms with Crippen LogP contribution in [0.4, 0.5) is 5.69 Å². The highest BCUT2D eigenvalue weighted by molar-refractivity contribution is 5.97. The molecule has 0 aliphatic rings. The quantitative estimate of drug-likeness (QED) is 0.319. The monoisotopic (exact) mass is 415 g/mol. The fourth-order valence-electron chi connectivity index (χ4n) is 3.17. The molecule has 0 aliphatic heterocycles. The first kappa shape index (κ1) is 23.5. The first-order chi connectivity index (χ1) is 14.9. The smallest absolute Gasteiger partial charge is 0.0943 e. The molecule has 1 atom stereocenters. The van der Waals surface area contributed by atoms with Gasteiger partial charge in [-0.25, -0.2) is 0 Å². The van der Waals surface area contributed by atoms with Gasteiger partial charge in [-0.15, -0.1) is 13.2 Å². The molecule has 2 rings (SSSR count). The van der Waals surface area contributed by atoms with Crippen LogP contribution >= 0.6 is 0 Å². The number of hydrogen-bond donors (Lipinski definition) is 4. The zero-order valence-electron chi connectivity index (χ0n) is 18.2. The molecule has 5 N–H and O–H groups in total. The second-order valence-corrected chi connectivity index (χ2v) is 7.34. The summed E-state index contributed by atoms with van der Waals surface area (Å²) in [5.41, 5.74) is 11.8. The Bertz CT molecular complexity index is 1000. The molecule has 0 saturated heterocycles. The summed E-state index contributed by atoms with van der Waals surface area (Å²) in [6.45, 7) is 24.4. The minimum atomic E-state index is -0.0605. The van der Waals surface area contributed by atoms with Gasteiger partial charge in [0.25, 0.3) is 0 Å². The van der Waals surface area contributed by atoms with Gasteiger partial charge >= 0.3 is 0 Å². The minimum absolute atomic E-state index is 0.0605. The third kappa shape index (κ3) is 6.64. The van der Waals surface area contributed by atoms with Crippen LogP contribution in [0.3, 0.4) is 0 Å². The van der Waals surface area contributed by atoms with Gasteiger partial charge in [0.15, 0.2) is 0 Å². The molecule has 0 aliphatic carbocycles.